The highest BCUT2D eigenvalue weighted by molar-refractivity contribution is 8.00. The summed E-state index contributed by atoms with van der Waals surface area (Å²) in [4.78, 5) is 40.9. The standard InChI is InChI=1S/C36H29N3O5S2/c40-34(26-10-5-2-6-11-26)39-30(20-24-16-19-45-23-24)35(41)37-27-12-7-13-29(21-27)46-33(25-8-3-1-4-9-25)36(42)38-28-14-15-31-32(22-28)44-18-17-43-31/h1-16,19-23,33H,17-18H2,(H,37,41)(H,38,42)(H,39,40)/b30-20-. The zero-order chi connectivity index (χ0) is 31.7. The predicted octanol–water partition coefficient (Wildman–Crippen LogP) is 7.40. The molecular weight excluding hydrogens is 619 g/mol. The third-order valence-electron chi connectivity index (χ3n) is 6.88. The van der Waals surface area contributed by atoms with Gasteiger partial charge in [0, 0.05) is 27.9 Å². The quantitative estimate of drug-likeness (QED) is 0.108. The first kappa shape index (κ1) is 30.7. The number of carbonyl (C=O) groups excluding carboxylic acids is 3. The number of amides is 3. The first-order valence-electron chi connectivity index (χ1n) is 14.5. The Hall–Kier alpha value is -5.32. The Bertz CT molecular complexity index is 1860. The number of carbonyl (C=O) groups is 3. The van der Waals surface area contributed by atoms with Gasteiger partial charge in [-0.25, -0.2) is 0 Å². The Kier molecular flexibility index (Phi) is 9.77. The van der Waals surface area contributed by atoms with Crippen LogP contribution in [0.15, 0.2) is 131 Å². The molecule has 0 fully saturated rings. The van der Waals surface area contributed by atoms with Gasteiger partial charge in [-0.15, -0.1) is 11.8 Å². The summed E-state index contributed by atoms with van der Waals surface area (Å²) in [7, 11) is 0. The van der Waals surface area contributed by atoms with Gasteiger partial charge in [-0.1, -0.05) is 54.6 Å². The second-order valence-electron chi connectivity index (χ2n) is 10.2. The van der Waals surface area contributed by atoms with Crippen LogP contribution < -0.4 is 25.4 Å². The van der Waals surface area contributed by atoms with E-state index in [9.17, 15) is 14.4 Å². The minimum Gasteiger partial charge on any atom is -0.486 e. The molecule has 0 radical (unpaired) electrons. The molecule has 0 aliphatic carbocycles. The number of hydrogen-bond acceptors (Lipinski definition) is 7. The fourth-order valence-corrected chi connectivity index (χ4v) is 6.38. The molecule has 1 aliphatic heterocycles. The minimum absolute atomic E-state index is 0.103. The van der Waals surface area contributed by atoms with Crippen LogP contribution in [0.2, 0.25) is 0 Å². The molecule has 3 N–H and O–H groups in total. The van der Waals surface area contributed by atoms with E-state index in [2.05, 4.69) is 16.0 Å². The number of thiophene rings is 1. The highest BCUT2D eigenvalue weighted by Crippen LogP contribution is 2.38. The number of ether oxygens (including phenoxy) is 2. The van der Waals surface area contributed by atoms with Crippen molar-refractivity contribution in [3.63, 3.8) is 0 Å². The van der Waals surface area contributed by atoms with Crippen LogP contribution in [0, 0.1) is 0 Å². The molecular formula is C36H29N3O5S2. The molecule has 46 heavy (non-hydrogen) atoms. The van der Waals surface area contributed by atoms with E-state index >= 15 is 0 Å². The Morgan fingerprint density at radius 1 is 0.761 bits per heavy atom. The fraction of sp³-hybridized carbons (Fsp3) is 0.0833. The van der Waals surface area contributed by atoms with E-state index in [4.69, 9.17) is 9.47 Å². The van der Waals surface area contributed by atoms with Gasteiger partial charge in [0.15, 0.2) is 11.5 Å². The van der Waals surface area contributed by atoms with E-state index in [1.807, 2.05) is 65.4 Å². The molecule has 2 heterocycles. The Balaban J connectivity index is 1.20. The van der Waals surface area contributed by atoms with Crippen molar-refractivity contribution in [2.45, 2.75) is 10.1 Å². The number of nitrogens with one attached hydrogen (secondary N) is 3. The molecule has 1 aliphatic rings. The number of benzene rings is 4. The van der Waals surface area contributed by atoms with Gasteiger partial charge in [0.1, 0.15) is 24.2 Å². The average Bonchev–Trinajstić information content (AvgIpc) is 3.61. The van der Waals surface area contributed by atoms with Crippen LogP contribution in [0.25, 0.3) is 6.08 Å². The van der Waals surface area contributed by atoms with E-state index in [1.54, 1.807) is 60.7 Å². The molecule has 0 bridgehead atoms. The summed E-state index contributed by atoms with van der Waals surface area (Å²) in [6.45, 7) is 0.934. The van der Waals surface area contributed by atoms with Crippen molar-refractivity contribution in [1.29, 1.82) is 0 Å². The number of thioether (sulfide) groups is 1. The van der Waals surface area contributed by atoms with Crippen LogP contribution >= 0.6 is 23.1 Å². The average molecular weight is 648 g/mol. The zero-order valence-electron chi connectivity index (χ0n) is 24.5. The van der Waals surface area contributed by atoms with Crippen LogP contribution in [0.3, 0.4) is 0 Å². The smallest absolute Gasteiger partial charge is 0.272 e. The molecule has 0 spiro atoms. The molecule has 0 saturated carbocycles. The lowest BCUT2D eigenvalue weighted by Crippen LogP contribution is -2.30. The topological polar surface area (TPSA) is 106 Å². The molecule has 5 aromatic rings. The van der Waals surface area contributed by atoms with Crippen LogP contribution in [0.1, 0.15) is 26.7 Å². The zero-order valence-corrected chi connectivity index (χ0v) is 26.1. The van der Waals surface area contributed by atoms with E-state index < -0.39 is 17.1 Å². The van der Waals surface area contributed by atoms with Gasteiger partial charge in [-0.3, -0.25) is 14.4 Å². The fourth-order valence-electron chi connectivity index (χ4n) is 4.68. The van der Waals surface area contributed by atoms with Crippen molar-refractivity contribution in [1.82, 2.24) is 5.32 Å². The second kappa shape index (κ2) is 14.6. The van der Waals surface area contributed by atoms with Crippen molar-refractivity contribution in [2.75, 3.05) is 23.8 Å². The van der Waals surface area contributed by atoms with Crippen molar-refractivity contribution in [2.24, 2.45) is 0 Å². The Morgan fingerprint density at radius 3 is 2.26 bits per heavy atom. The largest absolute Gasteiger partial charge is 0.486 e. The van der Waals surface area contributed by atoms with E-state index in [0.29, 0.717) is 41.7 Å². The Morgan fingerprint density at radius 2 is 1.50 bits per heavy atom. The van der Waals surface area contributed by atoms with Crippen LogP contribution in [-0.4, -0.2) is 30.9 Å². The van der Waals surface area contributed by atoms with Gasteiger partial charge in [0.25, 0.3) is 11.8 Å². The predicted molar refractivity (Wildman–Crippen MR) is 182 cm³/mol. The summed E-state index contributed by atoms with van der Waals surface area (Å²) in [6.07, 6.45) is 1.64. The molecule has 0 saturated heterocycles. The van der Waals surface area contributed by atoms with Gasteiger partial charge in [0.2, 0.25) is 5.91 Å². The maximum Gasteiger partial charge on any atom is 0.272 e. The molecule has 3 amide bonds. The van der Waals surface area contributed by atoms with Crippen molar-refractivity contribution >= 4 is 58.3 Å². The van der Waals surface area contributed by atoms with E-state index in [-0.39, 0.29) is 11.6 Å². The monoisotopic (exact) mass is 647 g/mol. The second-order valence-corrected chi connectivity index (χ2v) is 12.1. The third-order valence-corrected chi connectivity index (χ3v) is 8.83. The summed E-state index contributed by atoms with van der Waals surface area (Å²) in [5.74, 6) is 0.144. The van der Waals surface area contributed by atoms with Gasteiger partial charge in [0.05, 0.1) is 0 Å². The lowest BCUT2D eigenvalue weighted by Gasteiger charge is -2.20. The summed E-state index contributed by atoms with van der Waals surface area (Å²) in [6, 6.07) is 32.7. The molecule has 6 rings (SSSR count). The third kappa shape index (κ3) is 7.84. The highest BCUT2D eigenvalue weighted by atomic mass is 32.2. The molecule has 1 atom stereocenters. The maximum absolute atomic E-state index is 13.7. The van der Waals surface area contributed by atoms with Crippen LogP contribution in [0.5, 0.6) is 11.5 Å². The van der Waals surface area contributed by atoms with E-state index in [1.165, 1.54) is 23.1 Å². The summed E-state index contributed by atoms with van der Waals surface area (Å²) >= 11 is 2.85. The first-order chi connectivity index (χ1) is 22.5. The number of rotatable bonds is 10. The number of fused-ring (bicyclic) bond motifs is 1. The molecule has 8 nitrogen and oxygen atoms in total. The van der Waals surface area contributed by atoms with Crippen LogP contribution in [-0.2, 0) is 9.59 Å². The molecule has 1 unspecified atom stereocenters. The summed E-state index contributed by atoms with van der Waals surface area (Å²) in [5, 5.41) is 11.9. The highest BCUT2D eigenvalue weighted by Gasteiger charge is 2.24. The van der Waals surface area contributed by atoms with Gasteiger partial charge >= 0.3 is 0 Å². The van der Waals surface area contributed by atoms with E-state index in [0.717, 1.165) is 16.0 Å². The first-order valence-corrected chi connectivity index (χ1v) is 16.3. The molecule has 1 aromatic heterocycles. The van der Waals surface area contributed by atoms with Crippen molar-refractivity contribution in [3.05, 3.63) is 142 Å². The summed E-state index contributed by atoms with van der Waals surface area (Å²) in [5.41, 5.74) is 3.26. The van der Waals surface area contributed by atoms with Gasteiger partial charge in [-0.05, 0) is 76.5 Å². The minimum atomic E-state index is -0.598. The lowest BCUT2D eigenvalue weighted by molar-refractivity contribution is -0.116. The van der Waals surface area contributed by atoms with Crippen molar-refractivity contribution in [3.8, 4) is 11.5 Å². The summed E-state index contributed by atoms with van der Waals surface area (Å²) < 4.78 is 11.3. The van der Waals surface area contributed by atoms with Gasteiger partial charge < -0.3 is 25.4 Å². The normalized spacial score (nSPS) is 12.9. The number of hydrogen-bond donors (Lipinski definition) is 3. The Labute approximate surface area is 274 Å². The SMILES string of the molecule is O=C(Nc1cccc(SC(C(=O)Nc2ccc3c(c2)OCCO3)c2ccccc2)c1)/C(=C/c1ccsc1)NC(=O)c1ccccc1. The lowest BCUT2D eigenvalue weighted by atomic mass is 10.1. The van der Waals surface area contributed by atoms with Gasteiger partial charge in [-0.2, -0.15) is 11.3 Å². The van der Waals surface area contributed by atoms with Crippen LogP contribution in [0.4, 0.5) is 11.4 Å². The molecule has 10 heteroatoms. The van der Waals surface area contributed by atoms with Crippen molar-refractivity contribution < 1.29 is 23.9 Å². The molecule has 230 valence electrons. The molecule has 4 aromatic carbocycles. The number of anilines is 2. The maximum atomic E-state index is 13.7.